The van der Waals surface area contributed by atoms with Crippen molar-refractivity contribution in [1.82, 2.24) is 4.90 Å². The molecule has 4 amide bonds. The number of rotatable bonds is 4. The molecule has 0 unspecified atom stereocenters. The summed E-state index contributed by atoms with van der Waals surface area (Å²) in [4.78, 5) is 53.1. The minimum atomic E-state index is -0.424. The number of hydrogen-bond donors (Lipinski definition) is 1. The summed E-state index contributed by atoms with van der Waals surface area (Å²) in [5.74, 6) is -1.52. The van der Waals surface area contributed by atoms with Crippen molar-refractivity contribution in [2.24, 2.45) is 0 Å². The predicted octanol–water partition coefficient (Wildman–Crippen LogP) is 3.55. The maximum atomic E-state index is 12.7. The van der Waals surface area contributed by atoms with Gasteiger partial charge in [-0.1, -0.05) is 43.0 Å². The Balaban J connectivity index is 1.33. The molecule has 2 aliphatic rings. The van der Waals surface area contributed by atoms with E-state index >= 15 is 0 Å². The lowest BCUT2D eigenvalue weighted by atomic mass is 10.1. The number of nitrogens with zero attached hydrogens (tertiary/aromatic N) is 2. The van der Waals surface area contributed by atoms with E-state index in [1.807, 2.05) is 6.07 Å². The second-order valence-electron chi connectivity index (χ2n) is 7.47. The summed E-state index contributed by atoms with van der Waals surface area (Å²) < 4.78 is 0. The zero-order valence-electron chi connectivity index (χ0n) is 16.9. The van der Waals surface area contributed by atoms with Gasteiger partial charge in [-0.3, -0.25) is 24.1 Å². The maximum Gasteiger partial charge on any atom is 0.266 e. The summed E-state index contributed by atoms with van der Waals surface area (Å²) in [5, 5.41) is 2.73. The Labute approximate surface area is 183 Å². The average molecular weight is 423 g/mol. The fourth-order valence-corrected chi connectivity index (χ4v) is 3.99. The molecule has 0 aliphatic carbocycles. The van der Waals surface area contributed by atoms with Crippen LogP contribution in [0.15, 0.2) is 79.4 Å². The topological polar surface area (TPSA) is 86.8 Å². The van der Waals surface area contributed by atoms with E-state index in [0.29, 0.717) is 39.3 Å². The van der Waals surface area contributed by atoms with Crippen LogP contribution in [0, 0.1) is 0 Å². The van der Waals surface area contributed by atoms with Gasteiger partial charge in [0.15, 0.2) is 0 Å². The summed E-state index contributed by atoms with van der Waals surface area (Å²) in [6, 6.07) is 20.2. The van der Waals surface area contributed by atoms with Crippen LogP contribution in [0.5, 0.6) is 0 Å². The van der Waals surface area contributed by atoms with Crippen LogP contribution in [0.3, 0.4) is 0 Å². The van der Waals surface area contributed by atoms with Crippen LogP contribution in [0.1, 0.15) is 36.6 Å². The van der Waals surface area contributed by atoms with Gasteiger partial charge in [-0.15, -0.1) is 0 Å². The molecule has 0 saturated heterocycles. The molecule has 7 heteroatoms. The van der Waals surface area contributed by atoms with Crippen LogP contribution in [0.25, 0.3) is 5.70 Å². The normalized spacial score (nSPS) is 14.6. The summed E-state index contributed by atoms with van der Waals surface area (Å²) in [6.45, 7) is 3.73. The van der Waals surface area contributed by atoms with E-state index in [1.165, 1.54) is 4.90 Å². The molecule has 0 bridgehead atoms. The molecule has 156 valence electrons. The lowest BCUT2D eigenvalue weighted by molar-refractivity contribution is -0.116. The molecule has 3 aromatic rings. The van der Waals surface area contributed by atoms with Crippen LogP contribution >= 0.6 is 0 Å². The average Bonchev–Trinajstić information content (AvgIpc) is 3.20. The van der Waals surface area contributed by atoms with Crippen molar-refractivity contribution in [3.8, 4) is 0 Å². The Hall–Kier alpha value is -4.52. The van der Waals surface area contributed by atoms with E-state index < -0.39 is 17.7 Å². The number of nitrogens with one attached hydrogen (secondary N) is 1. The Kier molecular flexibility index (Phi) is 4.44. The lowest BCUT2D eigenvalue weighted by Crippen LogP contribution is -2.33. The van der Waals surface area contributed by atoms with Crippen molar-refractivity contribution in [1.29, 1.82) is 0 Å². The van der Waals surface area contributed by atoms with Gasteiger partial charge in [0.25, 0.3) is 17.7 Å². The largest absolute Gasteiger partial charge is 0.324 e. The van der Waals surface area contributed by atoms with E-state index in [2.05, 4.69) is 11.9 Å². The van der Waals surface area contributed by atoms with Crippen molar-refractivity contribution in [2.45, 2.75) is 0 Å². The van der Waals surface area contributed by atoms with Crippen LogP contribution < -0.4 is 10.2 Å². The minimum Gasteiger partial charge on any atom is -0.324 e. The molecule has 0 radical (unpaired) electrons. The molecular formula is C25H17N3O4. The van der Waals surface area contributed by atoms with Crippen molar-refractivity contribution in [2.75, 3.05) is 16.8 Å². The van der Waals surface area contributed by atoms with E-state index in [-0.39, 0.29) is 12.5 Å². The molecule has 0 aromatic heterocycles. The van der Waals surface area contributed by atoms with Gasteiger partial charge >= 0.3 is 0 Å². The third kappa shape index (κ3) is 2.99. The fraction of sp³-hybridized carbons (Fsp3) is 0.0400. The molecule has 32 heavy (non-hydrogen) atoms. The first-order chi connectivity index (χ1) is 15.5. The number of imide groups is 1. The number of hydrogen-bond acceptors (Lipinski definition) is 4. The molecular weight excluding hydrogens is 406 g/mol. The summed E-state index contributed by atoms with van der Waals surface area (Å²) in [6.07, 6.45) is 0. The molecule has 0 saturated carbocycles. The second-order valence-corrected chi connectivity index (χ2v) is 7.47. The van der Waals surface area contributed by atoms with Crippen LogP contribution in [-0.4, -0.2) is 35.1 Å². The Morgan fingerprint density at radius 1 is 0.750 bits per heavy atom. The van der Waals surface area contributed by atoms with E-state index in [4.69, 9.17) is 0 Å². The zero-order chi connectivity index (χ0) is 22.4. The van der Waals surface area contributed by atoms with Gasteiger partial charge < -0.3 is 5.32 Å². The second kappa shape index (κ2) is 7.31. The van der Waals surface area contributed by atoms with Crippen LogP contribution in [0.2, 0.25) is 0 Å². The maximum absolute atomic E-state index is 12.7. The summed E-state index contributed by atoms with van der Waals surface area (Å²) in [7, 11) is 0. The van der Waals surface area contributed by atoms with Gasteiger partial charge in [0.1, 0.15) is 6.54 Å². The molecule has 3 aromatic carbocycles. The Morgan fingerprint density at radius 2 is 1.31 bits per heavy atom. The van der Waals surface area contributed by atoms with Crippen molar-refractivity contribution in [3.63, 3.8) is 0 Å². The Morgan fingerprint density at radius 3 is 1.91 bits per heavy atom. The highest BCUT2D eigenvalue weighted by Crippen LogP contribution is 2.32. The quantitative estimate of drug-likeness (QED) is 0.650. The van der Waals surface area contributed by atoms with Crippen LogP contribution in [-0.2, 0) is 4.79 Å². The minimum absolute atomic E-state index is 0.205. The standard InChI is InChI=1S/C25H17N3O4/c1-15-18-9-2-3-10-19(18)23(30)27(15)14-22(29)26-16-7-6-8-17(13-16)28-24(31)20-11-4-5-12-21(20)25(28)32/h2-13H,1,14H2,(H,26,29). The number of benzene rings is 3. The third-order valence-corrected chi connectivity index (χ3v) is 5.52. The highest BCUT2D eigenvalue weighted by Gasteiger charge is 2.36. The highest BCUT2D eigenvalue weighted by atomic mass is 16.2. The van der Waals surface area contributed by atoms with Crippen molar-refractivity contribution >= 4 is 40.7 Å². The van der Waals surface area contributed by atoms with Crippen LogP contribution in [0.4, 0.5) is 11.4 Å². The first kappa shape index (κ1) is 19.4. The molecule has 0 fully saturated rings. The summed E-state index contributed by atoms with van der Waals surface area (Å²) >= 11 is 0. The van der Waals surface area contributed by atoms with Gasteiger partial charge in [0.2, 0.25) is 5.91 Å². The first-order valence-electron chi connectivity index (χ1n) is 9.93. The molecule has 0 atom stereocenters. The SMILES string of the molecule is C=C1c2ccccc2C(=O)N1CC(=O)Nc1cccc(N2C(=O)c3ccccc3C2=O)c1. The summed E-state index contributed by atoms with van der Waals surface area (Å²) in [5.41, 5.74) is 3.13. The molecule has 1 N–H and O–H groups in total. The van der Waals surface area contributed by atoms with Crippen molar-refractivity contribution < 1.29 is 19.2 Å². The van der Waals surface area contributed by atoms with Gasteiger partial charge in [-0.05, 0) is 36.4 Å². The fourth-order valence-electron chi connectivity index (χ4n) is 3.99. The number of fused-ring (bicyclic) bond motifs is 2. The highest BCUT2D eigenvalue weighted by molar-refractivity contribution is 6.34. The number of carbonyl (C=O) groups is 4. The zero-order valence-corrected chi connectivity index (χ0v) is 16.9. The number of carbonyl (C=O) groups excluding carboxylic acids is 4. The van der Waals surface area contributed by atoms with E-state index in [0.717, 1.165) is 4.90 Å². The molecule has 7 nitrogen and oxygen atoms in total. The van der Waals surface area contributed by atoms with E-state index in [1.54, 1.807) is 66.7 Å². The van der Waals surface area contributed by atoms with Gasteiger partial charge in [-0.25, -0.2) is 4.90 Å². The molecule has 5 rings (SSSR count). The van der Waals surface area contributed by atoms with Gasteiger partial charge in [0, 0.05) is 22.5 Å². The monoisotopic (exact) mass is 423 g/mol. The predicted molar refractivity (Wildman–Crippen MR) is 119 cm³/mol. The lowest BCUT2D eigenvalue weighted by Gasteiger charge is -2.18. The van der Waals surface area contributed by atoms with Gasteiger partial charge in [0.05, 0.1) is 16.8 Å². The van der Waals surface area contributed by atoms with Crippen molar-refractivity contribution in [3.05, 3.63) is 102 Å². The number of amides is 4. The third-order valence-electron chi connectivity index (χ3n) is 5.52. The molecule has 2 aliphatic heterocycles. The Bertz CT molecular complexity index is 1270. The molecule has 0 spiro atoms. The van der Waals surface area contributed by atoms with E-state index in [9.17, 15) is 19.2 Å². The number of anilines is 2. The van der Waals surface area contributed by atoms with Gasteiger partial charge in [-0.2, -0.15) is 0 Å². The first-order valence-corrected chi connectivity index (χ1v) is 9.93. The molecule has 2 heterocycles. The smallest absolute Gasteiger partial charge is 0.266 e.